The number of benzene rings is 1. The Hall–Kier alpha value is -2.04. The van der Waals surface area contributed by atoms with E-state index in [2.05, 4.69) is 4.90 Å². The van der Waals surface area contributed by atoms with Gasteiger partial charge in [0.15, 0.2) is 0 Å². The number of carbonyl (C=O) groups excluding carboxylic acids is 2. The zero-order chi connectivity index (χ0) is 17.8. The highest BCUT2D eigenvalue weighted by atomic mass is 16.5. The zero-order valence-electron chi connectivity index (χ0n) is 15.1. The fraction of sp³-hybridized carbons (Fsp3) is 0.600. The second kappa shape index (κ2) is 7.89. The van der Waals surface area contributed by atoms with Gasteiger partial charge in [-0.1, -0.05) is 0 Å². The maximum absolute atomic E-state index is 13.0. The largest absolute Gasteiger partial charge is 0.497 e. The van der Waals surface area contributed by atoms with Crippen LogP contribution in [0.2, 0.25) is 0 Å². The Labute approximate surface area is 149 Å². The van der Waals surface area contributed by atoms with E-state index < -0.39 is 0 Å². The van der Waals surface area contributed by atoms with Crippen LogP contribution in [-0.4, -0.2) is 43.1 Å². The molecule has 2 fully saturated rings. The Balaban J connectivity index is 1.63. The molecule has 0 saturated heterocycles. The molecule has 0 aliphatic heterocycles. The van der Waals surface area contributed by atoms with Crippen molar-refractivity contribution in [1.29, 1.82) is 0 Å². The van der Waals surface area contributed by atoms with Crippen molar-refractivity contribution >= 4 is 11.9 Å². The van der Waals surface area contributed by atoms with Gasteiger partial charge in [-0.2, -0.15) is 0 Å². The lowest BCUT2D eigenvalue weighted by atomic mass is 9.83. The molecule has 5 nitrogen and oxygen atoms in total. The van der Waals surface area contributed by atoms with Crippen LogP contribution in [0.15, 0.2) is 24.3 Å². The van der Waals surface area contributed by atoms with Crippen molar-refractivity contribution < 1.29 is 19.1 Å². The molecule has 5 heteroatoms. The number of nitrogens with zero attached hydrogens (tertiary/aromatic N) is 1. The molecule has 25 heavy (non-hydrogen) atoms. The van der Waals surface area contributed by atoms with Crippen molar-refractivity contribution in [2.24, 2.45) is 5.92 Å². The number of rotatable bonds is 6. The van der Waals surface area contributed by atoms with E-state index in [-0.39, 0.29) is 17.9 Å². The second-order valence-electron chi connectivity index (χ2n) is 7.13. The van der Waals surface area contributed by atoms with Crippen molar-refractivity contribution in [3.05, 3.63) is 29.8 Å². The summed E-state index contributed by atoms with van der Waals surface area (Å²) in [6.07, 6.45) is 6.62. The van der Waals surface area contributed by atoms with Gasteiger partial charge >= 0.3 is 5.97 Å². The lowest BCUT2D eigenvalue weighted by Gasteiger charge is -2.37. The normalized spacial score (nSPS) is 23.0. The second-order valence-corrected chi connectivity index (χ2v) is 7.13. The molecule has 0 heterocycles. The maximum atomic E-state index is 13.0. The van der Waals surface area contributed by atoms with E-state index in [1.807, 2.05) is 24.3 Å². The summed E-state index contributed by atoms with van der Waals surface area (Å²) in [7, 11) is 3.07. The van der Waals surface area contributed by atoms with Gasteiger partial charge < -0.3 is 14.4 Å². The molecule has 1 aromatic rings. The van der Waals surface area contributed by atoms with E-state index in [1.165, 1.54) is 7.11 Å². The molecule has 0 unspecified atom stereocenters. The van der Waals surface area contributed by atoms with Gasteiger partial charge in [-0.15, -0.1) is 0 Å². The SMILES string of the molecule is COC(=O)CC1CCC(N(C(=O)c2ccc(OC)cc2)C2CC2)CC1. The smallest absolute Gasteiger partial charge is 0.305 e. The van der Waals surface area contributed by atoms with Crippen LogP contribution in [0.1, 0.15) is 55.3 Å². The third kappa shape index (κ3) is 4.33. The minimum absolute atomic E-state index is 0.126. The average Bonchev–Trinajstić information content (AvgIpc) is 3.48. The Morgan fingerprint density at radius 1 is 0.960 bits per heavy atom. The number of amides is 1. The molecule has 2 aliphatic rings. The highest BCUT2D eigenvalue weighted by Crippen LogP contribution is 2.37. The minimum Gasteiger partial charge on any atom is -0.497 e. The minimum atomic E-state index is -0.128. The van der Waals surface area contributed by atoms with Gasteiger partial charge in [0, 0.05) is 24.1 Å². The highest BCUT2D eigenvalue weighted by molar-refractivity contribution is 5.95. The lowest BCUT2D eigenvalue weighted by Crippen LogP contribution is -2.44. The van der Waals surface area contributed by atoms with E-state index in [0.717, 1.165) is 49.8 Å². The molecule has 0 radical (unpaired) electrons. The van der Waals surface area contributed by atoms with E-state index in [0.29, 0.717) is 18.4 Å². The predicted octanol–water partition coefficient (Wildman–Crippen LogP) is 3.42. The van der Waals surface area contributed by atoms with Crippen LogP contribution in [0, 0.1) is 5.92 Å². The quantitative estimate of drug-likeness (QED) is 0.741. The average molecular weight is 345 g/mol. The Kier molecular flexibility index (Phi) is 5.61. The van der Waals surface area contributed by atoms with Crippen molar-refractivity contribution in [2.75, 3.05) is 14.2 Å². The van der Waals surface area contributed by atoms with Crippen LogP contribution in [0.5, 0.6) is 5.75 Å². The summed E-state index contributed by atoms with van der Waals surface area (Å²) in [6.45, 7) is 0. The Morgan fingerprint density at radius 3 is 2.00 bits per heavy atom. The first kappa shape index (κ1) is 17.8. The van der Waals surface area contributed by atoms with Crippen molar-refractivity contribution in [3.8, 4) is 5.75 Å². The van der Waals surface area contributed by atoms with Crippen molar-refractivity contribution in [2.45, 2.75) is 57.0 Å². The summed E-state index contributed by atoms with van der Waals surface area (Å²) >= 11 is 0. The van der Waals surface area contributed by atoms with Crippen LogP contribution < -0.4 is 4.74 Å². The first-order chi connectivity index (χ1) is 12.1. The summed E-state index contributed by atoms with van der Waals surface area (Å²) in [5.74, 6) is 1.15. The van der Waals surface area contributed by atoms with Gasteiger partial charge in [-0.25, -0.2) is 0 Å². The Morgan fingerprint density at radius 2 is 1.52 bits per heavy atom. The molecule has 3 rings (SSSR count). The molecule has 0 spiro atoms. The fourth-order valence-corrected chi connectivity index (χ4v) is 3.81. The van der Waals surface area contributed by atoms with Gasteiger partial charge in [-0.3, -0.25) is 9.59 Å². The van der Waals surface area contributed by atoms with Gasteiger partial charge in [0.2, 0.25) is 0 Å². The molecule has 1 aromatic carbocycles. The molecule has 0 N–H and O–H groups in total. The zero-order valence-corrected chi connectivity index (χ0v) is 15.1. The van der Waals surface area contributed by atoms with Crippen LogP contribution in [-0.2, 0) is 9.53 Å². The molecule has 0 atom stereocenters. The first-order valence-corrected chi connectivity index (χ1v) is 9.16. The number of hydrogen-bond donors (Lipinski definition) is 0. The van der Waals surface area contributed by atoms with Gasteiger partial charge in [0.1, 0.15) is 5.75 Å². The molecule has 0 aromatic heterocycles. The lowest BCUT2D eigenvalue weighted by molar-refractivity contribution is -0.142. The fourth-order valence-electron chi connectivity index (χ4n) is 3.81. The monoisotopic (exact) mass is 345 g/mol. The molecule has 1 amide bonds. The summed E-state index contributed by atoms with van der Waals surface area (Å²) < 4.78 is 9.95. The van der Waals surface area contributed by atoms with Crippen molar-refractivity contribution in [3.63, 3.8) is 0 Å². The summed E-state index contributed by atoms with van der Waals surface area (Å²) in [6, 6.07) is 8.04. The number of methoxy groups -OCH3 is 2. The summed E-state index contributed by atoms with van der Waals surface area (Å²) in [5.41, 5.74) is 0.726. The van der Waals surface area contributed by atoms with Crippen LogP contribution in [0.25, 0.3) is 0 Å². The number of esters is 1. The topological polar surface area (TPSA) is 55.8 Å². The highest BCUT2D eigenvalue weighted by Gasteiger charge is 2.39. The number of carbonyl (C=O) groups is 2. The van der Waals surface area contributed by atoms with Gasteiger partial charge in [-0.05, 0) is 68.7 Å². The standard InChI is InChI=1S/C20H27NO4/c1-24-18-11-5-15(6-12-18)20(23)21(17-9-10-17)16-7-3-14(4-8-16)13-19(22)25-2/h5-6,11-12,14,16-17H,3-4,7-10,13H2,1-2H3. The number of hydrogen-bond acceptors (Lipinski definition) is 4. The third-order valence-electron chi connectivity index (χ3n) is 5.40. The molecule has 2 saturated carbocycles. The Bertz CT molecular complexity index is 601. The molecular weight excluding hydrogens is 318 g/mol. The van der Waals surface area contributed by atoms with E-state index in [9.17, 15) is 9.59 Å². The van der Waals surface area contributed by atoms with Crippen molar-refractivity contribution in [1.82, 2.24) is 4.90 Å². The predicted molar refractivity (Wildman–Crippen MR) is 94.6 cm³/mol. The maximum Gasteiger partial charge on any atom is 0.305 e. The van der Waals surface area contributed by atoms with Crippen LogP contribution >= 0.6 is 0 Å². The molecule has 0 bridgehead atoms. The third-order valence-corrected chi connectivity index (χ3v) is 5.40. The van der Waals surface area contributed by atoms with Crippen LogP contribution in [0.4, 0.5) is 0 Å². The van der Waals surface area contributed by atoms with E-state index in [1.54, 1.807) is 7.11 Å². The van der Waals surface area contributed by atoms with E-state index >= 15 is 0 Å². The van der Waals surface area contributed by atoms with Gasteiger partial charge in [0.05, 0.1) is 14.2 Å². The first-order valence-electron chi connectivity index (χ1n) is 9.16. The van der Waals surface area contributed by atoms with Gasteiger partial charge in [0.25, 0.3) is 5.91 Å². The molecule has 2 aliphatic carbocycles. The number of ether oxygens (including phenoxy) is 2. The molecular formula is C20H27NO4. The van der Waals surface area contributed by atoms with Crippen LogP contribution in [0.3, 0.4) is 0 Å². The summed E-state index contributed by atoms with van der Waals surface area (Å²) in [4.78, 5) is 26.6. The summed E-state index contributed by atoms with van der Waals surface area (Å²) in [5, 5.41) is 0. The van der Waals surface area contributed by atoms with E-state index in [4.69, 9.17) is 9.47 Å². The molecule has 136 valence electrons.